The zero-order valence-electron chi connectivity index (χ0n) is 8.78. The Hall–Kier alpha value is -1.51. The highest BCUT2D eigenvalue weighted by molar-refractivity contribution is 6.37. The van der Waals surface area contributed by atoms with Crippen molar-refractivity contribution in [2.24, 2.45) is 0 Å². The number of aromatic amines is 1. The predicted molar refractivity (Wildman–Crippen MR) is 70.6 cm³/mol. The van der Waals surface area contributed by atoms with Gasteiger partial charge in [0.25, 0.3) is 0 Å². The van der Waals surface area contributed by atoms with Gasteiger partial charge >= 0.3 is 0 Å². The van der Waals surface area contributed by atoms with Crippen LogP contribution in [0.4, 0.5) is 0 Å². The normalized spacial score (nSPS) is 10.9. The molecule has 1 aromatic carbocycles. The first kappa shape index (κ1) is 12.0. The molecule has 4 heteroatoms. The molecule has 0 radical (unpaired) electrons. The van der Waals surface area contributed by atoms with Crippen LogP contribution in [0.25, 0.3) is 6.08 Å². The monoisotopic (exact) mass is 265 g/mol. The number of aromatic nitrogens is 1. The highest BCUT2D eigenvalue weighted by Gasteiger charge is 2.04. The molecule has 1 N–H and O–H groups in total. The summed E-state index contributed by atoms with van der Waals surface area (Å²) in [7, 11) is 0. The Bertz CT molecular complexity index is 539. The number of ketones is 1. The zero-order valence-corrected chi connectivity index (χ0v) is 10.3. The van der Waals surface area contributed by atoms with Crippen LogP contribution in [-0.2, 0) is 0 Å². The van der Waals surface area contributed by atoms with Crippen LogP contribution in [0.15, 0.2) is 42.6 Å². The minimum absolute atomic E-state index is 0.119. The minimum atomic E-state index is -0.119. The van der Waals surface area contributed by atoms with Gasteiger partial charge in [0.2, 0.25) is 5.78 Å². The minimum Gasteiger partial charge on any atom is -0.359 e. The Labute approximate surface area is 109 Å². The predicted octanol–water partition coefficient (Wildman–Crippen LogP) is 4.22. The molecule has 0 aliphatic rings. The molecule has 1 aromatic heterocycles. The van der Waals surface area contributed by atoms with Crippen LogP contribution in [0.2, 0.25) is 10.0 Å². The van der Waals surface area contributed by atoms with E-state index in [1.807, 2.05) is 0 Å². The van der Waals surface area contributed by atoms with Crippen molar-refractivity contribution in [2.45, 2.75) is 0 Å². The highest BCUT2D eigenvalue weighted by atomic mass is 35.5. The molecule has 1 heterocycles. The lowest BCUT2D eigenvalue weighted by molar-refractivity contribution is 0.104. The highest BCUT2D eigenvalue weighted by Crippen LogP contribution is 2.25. The average Bonchev–Trinajstić information content (AvgIpc) is 2.81. The Morgan fingerprint density at radius 2 is 1.82 bits per heavy atom. The van der Waals surface area contributed by atoms with E-state index in [0.29, 0.717) is 21.3 Å². The van der Waals surface area contributed by atoms with E-state index < -0.39 is 0 Å². The molecule has 2 rings (SSSR count). The number of carbonyl (C=O) groups is 1. The van der Waals surface area contributed by atoms with Crippen molar-refractivity contribution in [3.05, 3.63) is 63.9 Å². The first-order chi connectivity index (χ1) is 8.18. The molecule has 0 fully saturated rings. The van der Waals surface area contributed by atoms with Gasteiger partial charge in [-0.3, -0.25) is 4.79 Å². The van der Waals surface area contributed by atoms with E-state index in [1.165, 1.54) is 6.08 Å². The van der Waals surface area contributed by atoms with E-state index in [1.54, 1.807) is 42.6 Å². The van der Waals surface area contributed by atoms with E-state index in [0.717, 1.165) is 0 Å². The van der Waals surface area contributed by atoms with Crippen LogP contribution in [-0.4, -0.2) is 10.8 Å². The average molecular weight is 266 g/mol. The molecule has 0 saturated carbocycles. The van der Waals surface area contributed by atoms with E-state index in [4.69, 9.17) is 23.2 Å². The van der Waals surface area contributed by atoms with Crippen molar-refractivity contribution in [1.29, 1.82) is 0 Å². The molecule has 86 valence electrons. The van der Waals surface area contributed by atoms with E-state index >= 15 is 0 Å². The fourth-order valence-corrected chi connectivity index (χ4v) is 1.93. The molecule has 0 spiro atoms. The maximum atomic E-state index is 11.7. The zero-order chi connectivity index (χ0) is 12.3. The van der Waals surface area contributed by atoms with Crippen molar-refractivity contribution in [3.63, 3.8) is 0 Å². The third-order valence-electron chi connectivity index (χ3n) is 2.26. The van der Waals surface area contributed by atoms with Gasteiger partial charge in [-0.05, 0) is 36.4 Å². The van der Waals surface area contributed by atoms with Crippen LogP contribution < -0.4 is 0 Å². The summed E-state index contributed by atoms with van der Waals surface area (Å²) < 4.78 is 0. The molecule has 0 aliphatic heterocycles. The van der Waals surface area contributed by atoms with E-state index in [-0.39, 0.29) is 5.78 Å². The first-order valence-corrected chi connectivity index (χ1v) is 5.74. The molecule has 2 aromatic rings. The van der Waals surface area contributed by atoms with Gasteiger partial charge < -0.3 is 4.98 Å². The Balaban J connectivity index is 2.24. The van der Waals surface area contributed by atoms with Gasteiger partial charge in [0.15, 0.2) is 0 Å². The lowest BCUT2D eigenvalue weighted by atomic mass is 10.1. The van der Waals surface area contributed by atoms with Crippen molar-refractivity contribution < 1.29 is 4.79 Å². The summed E-state index contributed by atoms with van der Waals surface area (Å²) in [6, 6.07) is 8.69. The maximum absolute atomic E-state index is 11.7. The van der Waals surface area contributed by atoms with Gasteiger partial charge in [-0.2, -0.15) is 0 Å². The number of halogens is 2. The van der Waals surface area contributed by atoms with Crippen LogP contribution in [0.5, 0.6) is 0 Å². The Morgan fingerprint density at radius 1 is 1.12 bits per heavy atom. The second-order valence-electron chi connectivity index (χ2n) is 3.42. The first-order valence-electron chi connectivity index (χ1n) is 4.98. The summed E-state index contributed by atoms with van der Waals surface area (Å²) in [6.07, 6.45) is 4.76. The number of hydrogen-bond acceptors (Lipinski definition) is 1. The Kier molecular flexibility index (Phi) is 3.67. The van der Waals surface area contributed by atoms with Gasteiger partial charge in [-0.1, -0.05) is 29.3 Å². The fourth-order valence-electron chi connectivity index (χ4n) is 1.40. The molecular formula is C13H9Cl2NO. The number of benzene rings is 1. The lowest BCUT2D eigenvalue weighted by Gasteiger charge is -2.00. The van der Waals surface area contributed by atoms with Crippen LogP contribution in [0, 0.1) is 0 Å². The van der Waals surface area contributed by atoms with Gasteiger partial charge in [0.1, 0.15) is 0 Å². The van der Waals surface area contributed by atoms with Gasteiger partial charge in [-0.25, -0.2) is 0 Å². The van der Waals surface area contributed by atoms with Gasteiger partial charge in [0, 0.05) is 21.8 Å². The van der Waals surface area contributed by atoms with Crippen molar-refractivity contribution in [3.8, 4) is 0 Å². The quantitative estimate of drug-likeness (QED) is 0.654. The molecule has 0 atom stereocenters. The standard InChI is InChI=1S/C13H9Cl2NO/c14-10-3-1-4-11(15)9(10)6-7-13(17)12-5-2-8-16-12/h1-8,16H/b7-6+. The lowest BCUT2D eigenvalue weighted by Crippen LogP contribution is -1.93. The van der Waals surface area contributed by atoms with Gasteiger partial charge in [0.05, 0.1) is 5.69 Å². The van der Waals surface area contributed by atoms with E-state index in [9.17, 15) is 4.79 Å². The van der Waals surface area contributed by atoms with E-state index in [2.05, 4.69) is 4.98 Å². The summed E-state index contributed by atoms with van der Waals surface area (Å²) in [5.41, 5.74) is 1.18. The molecule has 0 aliphatic carbocycles. The number of hydrogen-bond donors (Lipinski definition) is 1. The van der Waals surface area contributed by atoms with Crippen LogP contribution in [0.1, 0.15) is 16.1 Å². The number of rotatable bonds is 3. The molecule has 0 bridgehead atoms. The Morgan fingerprint density at radius 3 is 2.41 bits per heavy atom. The van der Waals surface area contributed by atoms with Crippen molar-refractivity contribution in [1.82, 2.24) is 4.98 Å². The third kappa shape index (κ3) is 2.78. The molecule has 0 saturated heterocycles. The molecule has 17 heavy (non-hydrogen) atoms. The fraction of sp³-hybridized carbons (Fsp3) is 0. The van der Waals surface area contributed by atoms with Crippen molar-refractivity contribution in [2.75, 3.05) is 0 Å². The number of carbonyl (C=O) groups excluding carboxylic acids is 1. The molecular weight excluding hydrogens is 257 g/mol. The summed E-state index contributed by atoms with van der Waals surface area (Å²) in [4.78, 5) is 14.5. The maximum Gasteiger partial charge on any atom is 0.201 e. The smallest absolute Gasteiger partial charge is 0.201 e. The summed E-state index contributed by atoms with van der Waals surface area (Å²) in [6.45, 7) is 0. The largest absolute Gasteiger partial charge is 0.359 e. The number of nitrogens with one attached hydrogen (secondary N) is 1. The summed E-state index contributed by atoms with van der Waals surface area (Å²) in [5, 5.41) is 1.04. The van der Waals surface area contributed by atoms with Crippen LogP contribution in [0.3, 0.4) is 0 Å². The number of H-pyrrole nitrogens is 1. The third-order valence-corrected chi connectivity index (χ3v) is 2.92. The topological polar surface area (TPSA) is 32.9 Å². The molecule has 0 amide bonds. The van der Waals surface area contributed by atoms with Gasteiger partial charge in [-0.15, -0.1) is 0 Å². The van der Waals surface area contributed by atoms with Crippen molar-refractivity contribution >= 4 is 35.1 Å². The van der Waals surface area contributed by atoms with Crippen LogP contribution >= 0.6 is 23.2 Å². The SMILES string of the molecule is O=C(/C=C/c1c(Cl)cccc1Cl)c1ccc[nH]1. The second-order valence-corrected chi connectivity index (χ2v) is 4.23. The second kappa shape index (κ2) is 5.21. The summed E-state index contributed by atoms with van der Waals surface area (Å²) in [5.74, 6) is -0.119. The molecule has 0 unspecified atom stereocenters. The number of allylic oxidation sites excluding steroid dienone is 1. The molecule has 2 nitrogen and oxygen atoms in total. The summed E-state index contributed by atoms with van der Waals surface area (Å²) >= 11 is 12.0.